The van der Waals surface area contributed by atoms with Crippen LogP contribution in [0.1, 0.15) is 27.1 Å². The van der Waals surface area contributed by atoms with Crippen molar-refractivity contribution in [2.75, 3.05) is 13.2 Å². The lowest BCUT2D eigenvalue weighted by molar-refractivity contribution is 0.171. The van der Waals surface area contributed by atoms with Gasteiger partial charge in [0, 0.05) is 5.02 Å². The van der Waals surface area contributed by atoms with E-state index in [9.17, 15) is 0 Å². The lowest BCUT2D eigenvalue weighted by atomic mass is 10.00. The first-order chi connectivity index (χ1) is 10.1. The Bertz CT molecular complexity index is 685. The summed E-state index contributed by atoms with van der Waals surface area (Å²) in [7, 11) is 0. The summed E-state index contributed by atoms with van der Waals surface area (Å²) in [5.74, 6) is 1.60. The molecule has 21 heavy (non-hydrogen) atoms. The highest BCUT2D eigenvalue weighted by molar-refractivity contribution is 9.09. The fraction of sp³-hybridized carbons (Fsp3) is 0.294. The molecule has 0 aliphatic carbocycles. The molecule has 2 aromatic carbocycles. The van der Waals surface area contributed by atoms with Gasteiger partial charge < -0.3 is 9.47 Å². The van der Waals surface area contributed by atoms with E-state index < -0.39 is 0 Å². The minimum atomic E-state index is 0.0279. The molecule has 0 aromatic heterocycles. The third-order valence-electron chi connectivity index (χ3n) is 3.74. The fourth-order valence-electron chi connectivity index (χ4n) is 2.39. The lowest BCUT2D eigenvalue weighted by Crippen LogP contribution is -2.15. The summed E-state index contributed by atoms with van der Waals surface area (Å²) in [5, 5.41) is 0.773. The van der Waals surface area contributed by atoms with E-state index in [1.165, 1.54) is 11.1 Å². The van der Waals surface area contributed by atoms with Gasteiger partial charge in [-0.25, -0.2) is 0 Å². The smallest absolute Gasteiger partial charge is 0.161 e. The summed E-state index contributed by atoms with van der Waals surface area (Å²) in [6.45, 7) is 5.36. The molecule has 4 heteroatoms. The van der Waals surface area contributed by atoms with Crippen molar-refractivity contribution in [1.29, 1.82) is 0 Å². The van der Waals surface area contributed by atoms with Crippen LogP contribution in [0.15, 0.2) is 30.3 Å². The highest BCUT2D eigenvalue weighted by Crippen LogP contribution is 2.40. The second-order valence-electron chi connectivity index (χ2n) is 5.22. The van der Waals surface area contributed by atoms with Gasteiger partial charge in [-0.3, -0.25) is 0 Å². The second kappa shape index (κ2) is 5.90. The quantitative estimate of drug-likeness (QED) is 0.678. The molecule has 3 rings (SSSR count). The molecule has 0 fully saturated rings. The van der Waals surface area contributed by atoms with E-state index in [4.69, 9.17) is 21.1 Å². The number of hydrogen-bond donors (Lipinski definition) is 0. The van der Waals surface area contributed by atoms with Gasteiger partial charge in [0.05, 0.1) is 4.83 Å². The van der Waals surface area contributed by atoms with Crippen molar-refractivity contribution in [3.8, 4) is 11.5 Å². The van der Waals surface area contributed by atoms with Gasteiger partial charge in [0.25, 0.3) is 0 Å². The topological polar surface area (TPSA) is 18.5 Å². The van der Waals surface area contributed by atoms with Crippen LogP contribution in [0.2, 0.25) is 5.02 Å². The van der Waals surface area contributed by atoms with Crippen LogP contribution >= 0.6 is 27.5 Å². The van der Waals surface area contributed by atoms with Gasteiger partial charge in [-0.1, -0.05) is 39.7 Å². The minimum absolute atomic E-state index is 0.0279. The van der Waals surface area contributed by atoms with Crippen LogP contribution in [-0.4, -0.2) is 13.2 Å². The van der Waals surface area contributed by atoms with Crippen molar-refractivity contribution in [3.05, 3.63) is 57.6 Å². The van der Waals surface area contributed by atoms with E-state index in [-0.39, 0.29) is 4.83 Å². The van der Waals surface area contributed by atoms with Gasteiger partial charge in [-0.05, 0) is 54.3 Å². The first kappa shape index (κ1) is 14.7. The number of fused-ring (bicyclic) bond motifs is 1. The first-order valence-electron chi connectivity index (χ1n) is 6.86. The monoisotopic (exact) mass is 366 g/mol. The summed E-state index contributed by atoms with van der Waals surface area (Å²) in [5.41, 5.74) is 4.60. The van der Waals surface area contributed by atoms with Crippen molar-refractivity contribution >= 4 is 27.5 Å². The highest BCUT2D eigenvalue weighted by Gasteiger charge is 2.18. The number of benzene rings is 2. The molecule has 0 bridgehead atoms. The van der Waals surface area contributed by atoms with Crippen molar-refractivity contribution in [2.45, 2.75) is 18.7 Å². The first-order valence-corrected chi connectivity index (χ1v) is 8.16. The Labute approximate surface area is 138 Å². The maximum absolute atomic E-state index is 6.40. The molecule has 0 radical (unpaired) electrons. The zero-order chi connectivity index (χ0) is 15.0. The van der Waals surface area contributed by atoms with E-state index in [1.54, 1.807) is 0 Å². The molecule has 1 aliphatic heterocycles. The molecule has 0 saturated heterocycles. The van der Waals surface area contributed by atoms with Crippen molar-refractivity contribution in [2.24, 2.45) is 0 Å². The second-order valence-corrected chi connectivity index (χ2v) is 6.55. The van der Waals surface area contributed by atoms with Crippen LogP contribution in [0.3, 0.4) is 0 Å². The molecule has 1 aliphatic rings. The largest absolute Gasteiger partial charge is 0.486 e. The number of aryl methyl sites for hydroxylation is 2. The molecular formula is C17H16BrClO2. The summed E-state index contributed by atoms with van der Waals surface area (Å²) in [4.78, 5) is 0.0279. The molecule has 2 aromatic rings. The zero-order valence-corrected chi connectivity index (χ0v) is 14.3. The summed E-state index contributed by atoms with van der Waals surface area (Å²) in [6.07, 6.45) is 0. The number of ether oxygens (including phenoxy) is 2. The molecule has 1 unspecified atom stereocenters. The van der Waals surface area contributed by atoms with Crippen LogP contribution < -0.4 is 9.47 Å². The van der Waals surface area contributed by atoms with Gasteiger partial charge in [0.1, 0.15) is 13.2 Å². The third kappa shape index (κ3) is 2.90. The molecule has 1 atom stereocenters. The van der Waals surface area contributed by atoms with E-state index in [0.29, 0.717) is 13.2 Å². The maximum atomic E-state index is 6.40. The number of halogens is 2. The van der Waals surface area contributed by atoms with Crippen LogP contribution in [0.5, 0.6) is 11.5 Å². The van der Waals surface area contributed by atoms with Crippen molar-refractivity contribution in [3.63, 3.8) is 0 Å². The fourth-order valence-corrected chi connectivity index (χ4v) is 3.52. The molecule has 0 amide bonds. The van der Waals surface area contributed by atoms with Crippen LogP contribution in [-0.2, 0) is 0 Å². The van der Waals surface area contributed by atoms with Crippen LogP contribution in [0.25, 0.3) is 0 Å². The average Bonchev–Trinajstić information content (AvgIpc) is 2.50. The Kier molecular flexibility index (Phi) is 4.14. The van der Waals surface area contributed by atoms with Crippen molar-refractivity contribution < 1.29 is 9.47 Å². The predicted octanol–water partition coefficient (Wildman–Crippen LogP) is 5.21. The lowest BCUT2D eigenvalue weighted by Gasteiger charge is -2.21. The Morgan fingerprint density at radius 1 is 1.00 bits per heavy atom. The van der Waals surface area contributed by atoms with Gasteiger partial charge in [-0.15, -0.1) is 0 Å². The van der Waals surface area contributed by atoms with Crippen LogP contribution in [0.4, 0.5) is 0 Å². The Morgan fingerprint density at radius 3 is 2.43 bits per heavy atom. The highest BCUT2D eigenvalue weighted by atomic mass is 79.9. The molecule has 2 nitrogen and oxygen atoms in total. The minimum Gasteiger partial charge on any atom is -0.486 e. The van der Waals surface area contributed by atoms with E-state index in [0.717, 1.165) is 27.6 Å². The Balaban J connectivity index is 1.98. The van der Waals surface area contributed by atoms with E-state index >= 15 is 0 Å². The molecule has 1 heterocycles. The van der Waals surface area contributed by atoms with Crippen LogP contribution in [0, 0.1) is 13.8 Å². The zero-order valence-electron chi connectivity index (χ0n) is 12.0. The van der Waals surface area contributed by atoms with E-state index in [2.05, 4.69) is 35.8 Å². The molecular weight excluding hydrogens is 352 g/mol. The average molecular weight is 368 g/mol. The summed E-state index contributed by atoms with van der Waals surface area (Å²) in [6, 6.07) is 10.2. The molecule has 0 saturated carbocycles. The number of alkyl halides is 1. The third-order valence-corrected chi connectivity index (χ3v) is 5.09. The molecule has 0 N–H and O–H groups in total. The SMILES string of the molecule is Cc1cc(Cl)c(C(Br)c2ccc3c(c2)OCCO3)cc1C. The van der Waals surface area contributed by atoms with Gasteiger partial charge in [-0.2, -0.15) is 0 Å². The maximum Gasteiger partial charge on any atom is 0.161 e. The number of rotatable bonds is 2. The van der Waals surface area contributed by atoms with Gasteiger partial charge in [0.2, 0.25) is 0 Å². The van der Waals surface area contributed by atoms with Gasteiger partial charge in [0.15, 0.2) is 11.5 Å². The molecule has 110 valence electrons. The Morgan fingerprint density at radius 2 is 1.67 bits per heavy atom. The summed E-state index contributed by atoms with van der Waals surface area (Å²) >= 11 is 10.2. The Hall–Kier alpha value is -1.19. The summed E-state index contributed by atoms with van der Waals surface area (Å²) < 4.78 is 11.2. The number of hydrogen-bond acceptors (Lipinski definition) is 2. The van der Waals surface area contributed by atoms with E-state index in [1.807, 2.05) is 24.3 Å². The standard InChI is InChI=1S/C17H16BrClO2/c1-10-7-13(14(19)8-11(10)2)17(18)12-3-4-15-16(9-12)21-6-5-20-15/h3-4,7-9,17H,5-6H2,1-2H3. The molecule has 0 spiro atoms. The van der Waals surface area contributed by atoms with Crippen molar-refractivity contribution in [1.82, 2.24) is 0 Å². The van der Waals surface area contributed by atoms with Gasteiger partial charge >= 0.3 is 0 Å². The predicted molar refractivity (Wildman–Crippen MR) is 89.1 cm³/mol. The normalized spacial score (nSPS) is 14.9.